The number of hydrogen-bond acceptors (Lipinski definition) is 4. The van der Waals surface area contributed by atoms with Gasteiger partial charge >= 0.3 is 6.09 Å². The largest absolute Gasteiger partial charge is 0.444 e. The SMILES string of the molecule is CC.CCC.C[C@@H](C1NC=CS1)[C@H]1CCCN(C(=O)OC(C)(C)C)C1. The number of nitrogens with zero attached hydrogens (tertiary/aromatic N) is 1. The zero-order chi connectivity index (χ0) is 19.5. The van der Waals surface area contributed by atoms with Crippen molar-refractivity contribution in [2.45, 2.75) is 85.6 Å². The highest BCUT2D eigenvalue weighted by molar-refractivity contribution is 8.02. The van der Waals surface area contributed by atoms with Crippen molar-refractivity contribution in [2.75, 3.05) is 13.1 Å². The Kier molecular flexibility index (Phi) is 12.1. The summed E-state index contributed by atoms with van der Waals surface area (Å²) in [6.07, 6.45) is 5.36. The molecular weight excluding hydrogens is 332 g/mol. The Morgan fingerprint density at radius 1 is 1.36 bits per heavy atom. The Morgan fingerprint density at radius 2 is 1.96 bits per heavy atom. The van der Waals surface area contributed by atoms with Crippen molar-refractivity contribution in [2.24, 2.45) is 11.8 Å². The minimum Gasteiger partial charge on any atom is -0.444 e. The van der Waals surface area contributed by atoms with Crippen LogP contribution in [0.4, 0.5) is 4.79 Å². The number of likely N-dealkylation sites (tertiary alicyclic amines) is 1. The summed E-state index contributed by atoms with van der Waals surface area (Å²) < 4.78 is 5.48. The van der Waals surface area contributed by atoms with E-state index in [1.165, 1.54) is 12.8 Å². The number of ether oxygens (including phenoxy) is 1. The Balaban J connectivity index is 0.00000104. The second-order valence-electron chi connectivity index (χ2n) is 7.42. The maximum absolute atomic E-state index is 12.2. The molecule has 0 radical (unpaired) electrons. The van der Waals surface area contributed by atoms with Crippen LogP contribution in [0.3, 0.4) is 0 Å². The van der Waals surface area contributed by atoms with Crippen LogP contribution in [0.1, 0.15) is 74.7 Å². The number of rotatable bonds is 2. The van der Waals surface area contributed by atoms with Crippen LogP contribution in [-0.4, -0.2) is 35.1 Å². The molecule has 2 aliphatic rings. The summed E-state index contributed by atoms with van der Waals surface area (Å²) in [5.41, 5.74) is -0.414. The fraction of sp³-hybridized carbons (Fsp3) is 0.850. The van der Waals surface area contributed by atoms with Crippen molar-refractivity contribution in [3.05, 3.63) is 11.6 Å². The van der Waals surface area contributed by atoms with Crippen LogP contribution >= 0.6 is 11.8 Å². The summed E-state index contributed by atoms with van der Waals surface area (Å²) >= 11 is 1.84. The second-order valence-corrected chi connectivity index (χ2v) is 8.47. The van der Waals surface area contributed by atoms with Crippen LogP contribution in [0.15, 0.2) is 11.6 Å². The van der Waals surface area contributed by atoms with E-state index < -0.39 is 5.60 Å². The molecule has 1 amide bonds. The number of piperidine rings is 1. The minimum absolute atomic E-state index is 0.167. The van der Waals surface area contributed by atoms with E-state index in [2.05, 4.69) is 31.5 Å². The van der Waals surface area contributed by atoms with E-state index >= 15 is 0 Å². The molecular formula is C20H40N2O2S. The molecule has 0 spiro atoms. The first-order chi connectivity index (χ1) is 11.8. The fourth-order valence-electron chi connectivity index (χ4n) is 2.75. The molecule has 0 aliphatic carbocycles. The Morgan fingerprint density at radius 3 is 2.44 bits per heavy atom. The van der Waals surface area contributed by atoms with Crippen molar-refractivity contribution in [3.8, 4) is 0 Å². The molecule has 0 aromatic heterocycles. The molecule has 2 heterocycles. The van der Waals surface area contributed by atoms with Gasteiger partial charge in [0.1, 0.15) is 5.60 Å². The van der Waals surface area contributed by atoms with Gasteiger partial charge in [0.2, 0.25) is 0 Å². The average Bonchev–Trinajstić information content (AvgIpc) is 3.10. The summed E-state index contributed by atoms with van der Waals surface area (Å²) in [4.78, 5) is 14.1. The lowest BCUT2D eigenvalue weighted by atomic mass is 9.86. The maximum Gasteiger partial charge on any atom is 0.410 e. The quantitative estimate of drug-likeness (QED) is 0.660. The van der Waals surface area contributed by atoms with Crippen LogP contribution in [-0.2, 0) is 4.74 Å². The molecule has 5 heteroatoms. The van der Waals surface area contributed by atoms with E-state index in [0.29, 0.717) is 17.2 Å². The lowest BCUT2D eigenvalue weighted by Gasteiger charge is -2.38. The van der Waals surface area contributed by atoms with Crippen LogP contribution in [0.25, 0.3) is 0 Å². The highest BCUT2D eigenvalue weighted by Crippen LogP contribution is 2.33. The zero-order valence-electron chi connectivity index (χ0n) is 17.6. The number of carbonyl (C=O) groups excluding carboxylic acids is 1. The Bertz CT molecular complexity index is 386. The molecule has 4 nitrogen and oxygen atoms in total. The number of amides is 1. The third-order valence-corrected chi connectivity index (χ3v) is 5.04. The monoisotopic (exact) mass is 372 g/mol. The second kappa shape index (κ2) is 12.5. The maximum atomic E-state index is 12.2. The van der Waals surface area contributed by atoms with Gasteiger partial charge in [0.25, 0.3) is 0 Å². The van der Waals surface area contributed by atoms with Gasteiger partial charge in [0.15, 0.2) is 0 Å². The first kappa shape index (κ1) is 24.2. The first-order valence-corrected chi connectivity index (χ1v) is 10.8. The predicted molar refractivity (Wildman–Crippen MR) is 111 cm³/mol. The molecule has 25 heavy (non-hydrogen) atoms. The summed E-state index contributed by atoms with van der Waals surface area (Å²) in [5, 5.41) is 5.93. The van der Waals surface area contributed by atoms with E-state index in [9.17, 15) is 4.79 Å². The smallest absolute Gasteiger partial charge is 0.410 e. The minimum atomic E-state index is -0.414. The lowest BCUT2D eigenvalue weighted by molar-refractivity contribution is 0.0133. The van der Waals surface area contributed by atoms with Gasteiger partial charge in [0.05, 0.1) is 5.37 Å². The van der Waals surface area contributed by atoms with E-state index in [1.807, 2.05) is 57.5 Å². The Hall–Kier alpha value is -0.840. The summed E-state index contributed by atoms with van der Waals surface area (Å²) in [6, 6.07) is 0. The van der Waals surface area contributed by atoms with E-state index in [1.54, 1.807) is 0 Å². The highest BCUT2D eigenvalue weighted by Gasteiger charge is 2.33. The van der Waals surface area contributed by atoms with E-state index in [0.717, 1.165) is 19.5 Å². The standard InChI is InChI=1S/C15H26N2O2S.C3H8.C2H6/c1-11(13-16-7-9-20-13)12-6-5-8-17(10-12)14(18)19-15(2,3)4;1-3-2;1-2/h7,9,11-13,16H,5-6,8,10H2,1-4H3;3H2,1-2H3;1-2H3/t11-,12+,13?;;/m1../s1. The highest BCUT2D eigenvalue weighted by atomic mass is 32.2. The topological polar surface area (TPSA) is 41.6 Å². The van der Waals surface area contributed by atoms with Crippen molar-refractivity contribution in [1.82, 2.24) is 10.2 Å². The summed E-state index contributed by atoms with van der Waals surface area (Å²) in [5.74, 6) is 1.08. The summed E-state index contributed by atoms with van der Waals surface area (Å²) in [7, 11) is 0. The van der Waals surface area contributed by atoms with Crippen molar-refractivity contribution in [1.29, 1.82) is 0 Å². The Labute approximate surface area is 160 Å². The number of nitrogens with one attached hydrogen (secondary N) is 1. The lowest BCUT2D eigenvalue weighted by Crippen LogP contribution is -2.46. The molecule has 0 saturated carbocycles. The van der Waals surface area contributed by atoms with Gasteiger partial charge in [-0.05, 0) is 50.9 Å². The number of carbonyl (C=O) groups is 1. The molecule has 148 valence electrons. The van der Waals surface area contributed by atoms with Gasteiger partial charge in [0, 0.05) is 19.3 Å². The molecule has 1 saturated heterocycles. The molecule has 1 fully saturated rings. The van der Waals surface area contributed by atoms with E-state index in [4.69, 9.17) is 4.74 Å². The predicted octanol–water partition coefficient (Wildman–Crippen LogP) is 5.85. The third kappa shape index (κ3) is 9.43. The molecule has 1 N–H and O–H groups in total. The third-order valence-electron chi connectivity index (χ3n) is 3.88. The number of thioether (sulfide) groups is 1. The van der Waals surface area contributed by atoms with Crippen LogP contribution < -0.4 is 5.32 Å². The van der Waals surface area contributed by atoms with Gasteiger partial charge in [-0.1, -0.05) is 41.0 Å². The summed E-state index contributed by atoms with van der Waals surface area (Å²) in [6.45, 7) is 17.9. The van der Waals surface area contributed by atoms with Crippen molar-refractivity contribution in [3.63, 3.8) is 0 Å². The molecule has 2 aliphatic heterocycles. The molecule has 0 aromatic carbocycles. The van der Waals surface area contributed by atoms with Crippen molar-refractivity contribution < 1.29 is 9.53 Å². The van der Waals surface area contributed by atoms with E-state index in [-0.39, 0.29) is 6.09 Å². The molecule has 3 atom stereocenters. The van der Waals surface area contributed by atoms with Gasteiger partial charge in [-0.3, -0.25) is 0 Å². The van der Waals surface area contributed by atoms with Crippen LogP contribution in [0, 0.1) is 11.8 Å². The zero-order valence-corrected chi connectivity index (χ0v) is 18.4. The fourth-order valence-corrected chi connectivity index (χ4v) is 3.71. The molecule has 0 bridgehead atoms. The first-order valence-electron chi connectivity index (χ1n) is 9.83. The molecule has 0 aromatic rings. The van der Waals surface area contributed by atoms with Crippen molar-refractivity contribution >= 4 is 17.9 Å². The van der Waals surface area contributed by atoms with Gasteiger partial charge in [-0.15, -0.1) is 11.8 Å². The number of hydrogen-bond donors (Lipinski definition) is 1. The molecule has 2 rings (SSSR count). The normalized spacial score (nSPS) is 23.4. The van der Waals surface area contributed by atoms with Crippen LogP contribution in [0.2, 0.25) is 0 Å². The van der Waals surface area contributed by atoms with Crippen LogP contribution in [0.5, 0.6) is 0 Å². The van der Waals surface area contributed by atoms with Gasteiger partial charge < -0.3 is 15.0 Å². The molecule has 1 unspecified atom stereocenters. The van der Waals surface area contributed by atoms with Gasteiger partial charge in [-0.2, -0.15) is 0 Å². The van der Waals surface area contributed by atoms with Gasteiger partial charge in [-0.25, -0.2) is 4.79 Å². The average molecular weight is 373 g/mol.